The molecule has 4 nitrogen and oxygen atoms in total. The number of hydrogen-bond donors (Lipinski definition) is 2. The van der Waals surface area contributed by atoms with E-state index in [0.29, 0.717) is 18.0 Å². The minimum atomic E-state index is -4.28. The van der Waals surface area contributed by atoms with Gasteiger partial charge >= 0.3 is 6.18 Å². The van der Waals surface area contributed by atoms with E-state index < -0.39 is 18.8 Å². The molecule has 156 valence electrons. The van der Waals surface area contributed by atoms with Crippen molar-refractivity contribution in [3.8, 4) is 5.06 Å². The minimum Gasteiger partial charge on any atom is -0.480 e. The minimum absolute atomic E-state index is 0.151. The second-order valence-electron chi connectivity index (χ2n) is 7.63. The maximum atomic E-state index is 13.4. The van der Waals surface area contributed by atoms with Gasteiger partial charge in [-0.15, -0.1) is 11.3 Å². The summed E-state index contributed by atoms with van der Waals surface area (Å²) >= 11 is 1.38. The van der Waals surface area contributed by atoms with Gasteiger partial charge in [0.15, 0.2) is 5.06 Å². The van der Waals surface area contributed by atoms with Gasteiger partial charge in [-0.2, -0.15) is 13.2 Å². The van der Waals surface area contributed by atoms with Gasteiger partial charge in [0.1, 0.15) is 6.10 Å². The highest BCUT2D eigenvalue weighted by Gasteiger charge is 2.42. The highest BCUT2D eigenvalue weighted by atomic mass is 32.1. The van der Waals surface area contributed by atoms with Crippen molar-refractivity contribution >= 4 is 22.2 Å². The molecule has 3 N–H and O–H groups in total. The molecular weight excluding hydrogens is 399 g/mol. The number of rotatable bonds is 5. The number of benzene rings is 1. The fourth-order valence-corrected chi connectivity index (χ4v) is 5.14. The van der Waals surface area contributed by atoms with Gasteiger partial charge in [-0.3, -0.25) is 4.90 Å². The van der Waals surface area contributed by atoms with Crippen LogP contribution in [-0.2, 0) is 6.42 Å². The topological polar surface area (TPSA) is 54.3 Å². The van der Waals surface area contributed by atoms with Crippen LogP contribution >= 0.6 is 11.3 Å². The Hall–Kier alpha value is -2.03. The Bertz CT molecular complexity index is 997. The van der Waals surface area contributed by atoms with Crippen molar-refractivity contribution in [2.75, 3.05) is 13.1 Å². The van der Waals surface area contributed by atoms with Gasteiger partial charge in [0.2, 0.25) is 0 Å². The fourth-order valence-electron chi connectivity index (χ4n) is 4.06. The molecule has 0 radical (unpaired) electrons. The SMILES string of the molecule is CC(CN)Oc1ccc([C@@H]2c3[nH]c4ccccc4c3CC(C)N2CC(F)(F)F)s1. The molecule has 0 bridgehead atoms. The highest BCUT2D eigenvalue weighted by Crippen LogP contribution is 2.45. The molecule has 0 saturated carbocycles. The number of H-pyrrole nitrogens is 1. The summed E-state index contributed by atoms with van der Waals surface area (Å²) < 4.78 is 46.0. The average Bonchev–Trinajstić information content (AvgIpc) is 3.25. The quantitative estimate of drug-likeness (QED) is 0.617. The van der Waals surface area contributed by atoms with E-state index in [1.54, 1.807) is 4.90 Å². The Balaban J connectivity index is 1.80. The Morgan fingerprint density at radius 2 is 2.03 bits per heavy atom. The van der Waals surface area contributed by atoms with Crippen LogP contribution in [0.15, 0.2) is 36.4 Å². The predicted molar refractivity (Wildman–Crippen MR) is 110 cm³/mol. The van der Waals surface area contributed by atoms with E-state index in [1.807, 2.05) is 50.2 Å². The third kappa shape index (κ3) is 4.01. The maximum Gasteiger partial charge on any atom is 0.401 e. The number of nitrogens with two attached hydrogens (primary N) is 1. The van der Waals surface area contributed by atoms with Crippen molar-refractivity contribution in [2.45, 2.75) is 44.6 Å². The summed E-state index contributed by atoms with van der Waals surface area (Å²) in [7, 11) is 0. The van der Waals surface area contributed by atoms with E-state index in [9.17, 15) is 13.2 Å². The first kappa shape index (κ1) is 20.3. The van der Waals surface area contributed by atoms with E-state index >= 15 is 0 Å². The lowest BCUT2D eigenvalue weighted by atomic mass is 9.91. The molecule has 4 rings (SSSR count). The molecule has 8 heteroatoms. The van der Waals surface area contributed by atoms with Crippen LogP contribution in [0.3, 0.4) is 0 Å². The number of ether oxygens (including phenoxy) is 1. The van der Waals surface area contributed by atoms with Crippen molar-refractivity contribution in [3.63, 3.8) is 0 Å². The van der Waals surface area contributed by atoms with Crippen LogP contribution in [0.1, 0.15) is 36.0 Å². The Morgan fingerprint density at radius 1 is 1.28 bits per heavy atom. The summed E-state index contributed by atoms with van der Waals surface area (Å²) in [6.45, 7) is 3.15. The molecule has 0 spiro atoms. The van der Waals surface area contributed by atoms with E-state index in [-0.39, 0.29) is 12.1 Å². The zero-order valence-electron chi connectivity index (χ0n) is 16.3. The smallest absolute Gasteiger partial charge is 0.401 e. The van der Waals surface area contributed by atoms with Gasteiger partial charge in [0.05, 0.1) is 12.6 Å². The molecule has 0 fully saturated rings. The first-order valence-electron chi connectivity index (χ1n) is 9.65. The summed E-state index contributed by atoms with van der Waals surface area (Å²) in [5.74, 6) is 0. The first-order chi connectivity index (χ1) is 13.8. The first-order valence-corrected chi connectivity index (χ1v) is 10.5. The molecule has 29 heavy (non-hydrogen) atoms. The molecule has 0 saturated heterocycles. The van der Waals surface area contributed by atoms with Gasteiger partial charge < -0.3 is 15.5 Å². The molecule has 2 aromatic heterocycles. The predicted octanol–water partition coefficient (Wildman–Crippen LogP) is 4.85. The standard InChI is InChI=1S/C21H24F3N3OS/c1-12-9-15-14-5-3-4-6-16(14)26-19(15)20(27(12)11-21(22,23)24)17-7-8-18(29-17)28-13(2)10-25/h3-8,12-13,20,26H,9-11,25H2,1-2H3/t12?,13?,20-/m1/s1. The van der Waals surface area contributed by atoms with E-state index in [1.165, 1.54) is 11.3 Å². The van der Waals surface area contributed by atoms with Crippen LogP contribution in [0, 0.1) is 0 Å². The summed E-state index contributed by atoms with van der Waals surface area (Å²) in [4.78, 5) is 5.77. The number of halogens is 3. The number of nitrogens with one attached hydrogen (secondary N) is 1. The third-order valence-corrected chi connectivity index (χ3v) is 6.43. The number of nitrogens with zero attached hydrogens (tertiary/aromatic N) is 1. The molecular formula is C21H24F3N3OS. The Labute approximate surface area is 171 Å². The number of hydrogen-bond acceptors (Lipinski definition) is 4. The van der Waals surface area contributed by atoms with Crippen LogP contribution in [0.2, 0.25) is 0 Å². The summed E-state index contributed by atoms with van der Waals surface area (Å²) in [5.41, 5.74) is 8.52. The normalized spacial score (nSPS) is 21.3. The zero-order chi connectivity index (χ0) is 20.8. The van der Waals surface area contributed by atoms with Crippen molar-refractivity contribution in [2.24, 2.45) is 5.73 Å². The number of para-hydroxylation sites is 1. The van der Waals surface area contributed by atoms with E-state index in [4.69, 9.17) is 10.5 Å². The average molecular weight is 424 g/mol. The van der Waals surface area contributed by atoms with Crippen LogP contribution in [0.25, 0.3) is 10.9 Å². The summed E-state index contributed by atoms with van der Waals surface area (Å²) in [6.07, 6.45) is -3.85. The number of alkyl halides is 3. The molecule has 1 aliphatic rings. The maximum absolute atomic E-state index is 13.4. The van der Waals surface area contributed by atoms with Crippen LogP contribution in [-0.4, -0.2) is 41.3 Å². The van der Waals surface area contributed by atoms with Gasteiger partial charge in [-0.25, -0.2) is 0 Å². The Kier molecular flexibility index (Phi) is 5.35. The molecule has 3 atom stereocenters. The van der Waals surface area contributed by atoms with Gasteiger partial charge in [0.25, 0.3) is 0 Å². The lowest BCUT2D eigenvalue weighted by Gasteiger charge is -2.40. The second-order valence-corrected chi connectivity index (χ2v) is 8.70. The Morgan fingerprint density at radius 3 is 2.76 bits per heavy atom. The van der Waals surface area contributed by atoms with E-state index in [2.05, 4.69) is 4.98 Å². The molecule has 0 aliphatic carbocycles. The zero-order valence-corrected chi connectivity index (χ0v) is 17.1. The largest absolute Gasteiger partial charge is 0.480 e. The molecule has 1 aliphatic heterocycles. The van der Waals surface area contributed by atoms with Crippen molar-refractivity contribution in [3.05, 3.63) is 52.5 Å². The van der Waals surface area contributed by atoms with Crippen molar-refractivity contribution < 1.29 is 17.9 Å². The lowest BCUT2D eigenvalue weighted by molar-refractivity contribution is -0.155. The summed E-state index contributed by atoms with van der Waals surface area (Å²) in [5, 5.41) is 1.75. The summed E-state index contributed by atoms with van der Waals surface area (Å²) in [6, 6.07) is 10.8. The van der Waals surface area contributed by atoms with Crippen molar-refractivity contribution in [1.29, 1.82) is 0 Å². The molecule has 1 aromatic carbocycles. The number of aromatic nitrogens is 1. The highest BCUT2D eigenvalue weighted by molar-refractivity contribution is 7.13. The third-order valence-electron chi connectivity index (χ3n) is 5.40. The van der Waals surface area contributed by atoms with Crippen LogP contribution in [0.5, 0.6) is 5.06 Å². The molecule has 3 aromatic rings. The molecule has 3 heterocycles. The van der Waals surface area contributed by atoms with Crippen LogP contribution < -0.4 is 10.5 Å². The number of fused-ring (bicyclic) bond motifs is 3. The number of aromatic amines is 1. The monoisotopic (exact) mass is 423 g/mol. The fraction of sp³-hybridized carbons (Fsp3) is 0.429. The number of thiophene rings is 1. The molecule has 2 unspecified atom stereocenters. The lowest BCUT2D eigenvalue weighted by Crippen LogP contribution is -2.46. The van der Waals surface area contributed by atoms with Gasteiger partial charge in [-0.05, 0) is 44.0 Å². The van der Waals surface area contributed by atoms with E-state index in [0.717, 1.165) is 27.0 Å². The molecule has 0 amide bonds. The van der Waals surface area contributed by atoms with Gasteiger partial charge in [0, 0.05) is 34.1 Å². The van der Waals surface area contributed by atoms with Gasteiger partial charge in [-0.1, -0.05) is 18.2 Å². The second kappa shape index (κ2) is 7.66. The van der Waals surface area contributed by atoms with Crippen LogP contribution in [0.4, 0.5) is 13.2 Å². The van der Waals surface area contributed by atoms with Crippen molar-refractivity contribution in [1.82, 2.24) is 9.88 Å².